The van der Waals surface area contributed by atoms with Crippen LogP contribution in [-0.4, -0.2) is 33.9 Å². The van der Waals surface area contributed by atoms with Gasteiger partial charge in [0.1, 0.15) is 18.1 Å². The molecule has 2 heterocycles. The summed E-state index contributed by atoms with van der Waals surface area (Å²) in [5, 5.41) is 5.17. The largest absolute Gasteiger partial charge is 0.329 e. The average molecular weight is 418 g/mol. The van der Waals surface area contributed by atoms with Gasteiger partial charge in [0.25, 0.3) is 5.91 Å². The first-order valence-corrected chi connectivity index (χ1v) is 9.55. The molecule has 0 aliphatic carbocycles. The second-order valence-electron chi connectivity index (χ2n) is 7.07. The molecule has 7 nitrogen and oxygen atoms in total. The molecule has 0 radical (unpaired) electrons. The quantitative estimate of drug-likeness (QED) is 0.492. The Bertz CT molecular complexity index is 1180. The van der Waals surface area contributed by atoms with Crippen molar-refractivity contribution >= 4 is 29.6 Å². The van der Waals surface area contributed by atoms with Gasteiger partial charge >= 0.3 is 6.03 Å². The first-order chi connectivity index (χ1) is 14.9. The fourth-order valence-corrected chi connectivity index (χ4v) is 3.19. The van der Waals surface area contributed by atoms with E-state index in [1.807, 2.05) is 19.1 Å². The molecule has 1 aromatic heterocycles. The zero-order chi connectivity index (χ0) is 22.0. The molecule has 0 saturated carbocycles. The fourth-order valence-electron chi connectivity index (χ4n) is 3.19. The number of carbonyl (C=O) groups excluding carboxylic acids is 3. The Hall–Kier alpha value is -4.20. The molecule has 0 bridgehead atoms. The average Bonchev–Trinajstić information content (AvgIpc) is 3.30. The van der Waals surface area contributed by atoms with Crippen molar-refractivity contribution in [1.82, 2.24) is 14.8 Å². The third-order valence-electron chi connectivity index (χ3n) is 4.78. The van der Waals surface area contributed by atoms with Gasteiger partial charge < -0.3 is 15.2 Å². The van der Waals surface area contributed by atoms with E-state index in [0.29, 0.717) is 17.1 Å². The van der Waals surface area contributed by atoms with Crippen molar-refractivity contribution in [1.29, 1.82) is 0 Å². The van der Waals surface area contributed by atoms with Gasteiger partial charge in [-0.3, -0.25) is 9.59 Å². The molecule has 1 aliphatic rings. The lowest BCUT2D eigenvalue weighted by Gasteiger charge is -2.12. The standard InChI is InChI=1S/C23H19FN4O3/c1-15-4-8-17(9-5-15)25-21(29)14-28-22(30)20(26-23(28)31)13-19-3-2-12-27(19)18-10-6-16(24)7-11-18/h2-13H,14H2,1H3,(H,25,29)(H,26,31)/b20-13+. The first kappa shape index (κ1) is 20.1. The summed E-state index contributed by atoms with van der Waals surface area (Å²) in [6.07, 6.45) is 3.27. The molecule has 0 atom stereocenters. The summed E-state index contributed by atoms with van der Waals surface area (Å²) in [4.78, 5) is 38.1. The number of hydrogen-bond acceptors (Lipinski definition) is 3. The molecule has 4 amide bonds. The summed E-state index contributed by atoms with van der Waals surface area (Å²) in [7, 11) is 0. The van der Waals surface area contributed by atoms with E-state index < -0.39 is 24.4 Å². The molecular weight excluding hydrogens is 399 g/mol. The number of aromatic nitrogens is 1. The van der Waals surface area contributed by atoms with Gasteiger partial charge in [0.2, 0.25) is 5.91 Å². The van der Waals surface area contributed by atoms with Crippen molar-refractivity contribution in [2.45, 2.75) is 6.92 Å². The SMILES string of the molecule is Cc1ccc(NC(=O)CN2C(=O)N/C(=C/c3cccn3-c3ccc(F)cc3)C2=O)cc1. The van der Waals surface area contributed by atoms with Gasteiger partial charge in [0.15, 0.2) is 0 Å². The number of anilines is 1. The molecular formula is C23H19FN4O3. The Labute approximate surface area is 177 Å². The van der Waals surface area contributed by atoms with Crippen LogP contribution < -0.4 is 10.6 Å². The highest BCUT2D eigenvalue weighted by molar-refractivity contribution is 6.15. The molecule has 0 spiro atoms. The minimum atomic E-state index is -0.671. The number of hydrogen-bond donors (Lipinski definition) is 2. The summed E-state index contributed by atoms with van der Waals surface area (Å²) >= 11 is 0. The van der Waals surface area contributed by atoms with Crippen LogP contribution in [0.15, 0.2) is 72.6 Å². The molecule has 8 heteroatoms. The minimum Gasteiger partial charge on any atom is -0.325 e. The Morgan fingerprint density at radius 1 is 1.06 bits per heavy atom. The van der Waals surface area contributed by atoms with Crippen molar-refractivity contribution in [2.24, 2.45) is 0 Å². The number of amides is 4. The van der Waals surface area contributed by atoms with Crippen molar-refractivity contribution in [3.8, 4) is 5.69 Å². The molecule has 31 heavy (non-hydrogen) atoms. The molecule has 2 N–H and O–H groups in total. The molecule has 1 saturated heterocycles. The van der Waals surface area contributed by atoms with Crippen LogP contribution in [0.2, 0.25) is 0 Å². The van der Waals surface area contributed by atoms with Gasteiger partial charge in [0.05, 0.1) is 0 Å². The number of aryl methyl sites for hydroxylation is 1. The summed E-state index contributed by atoms with van der Waals surface area (Å²) < 4.78 is 15.0. The highest BCUT2D eigenvalue weighted by Crippen LogP contribution is 2.19. The fraction of sp³-hybridized carbons (Fsp3) is 0.0870. The summed E-state index contributed by atoms with van der Waals surface area (Å²) in [5.41, 5.74) is 2.99. The Balaban J connectivity index is 1.49. The predicted molar refractivity (Wildman–Crippen MR) is 114 cm³/mol. The van der Waals surface area contributed by atoms with Crippen LogP contribution in [0.3, 0.4) is 0 Å². The minimum absolute atomic E-state index is 0.0511. The number of nitrogens with one attached hydrogen (secondary N) is 2. The smallest absolute Gasteiger partial charge is 0.325 e. The Morgan fingerprint density at radius 2 is 1.77 bits per heavy atom. The second-order valence-corrected chi connectivity index (χ2v) is 7.07. The normalized spacial score (nSPS) is 14.8. The number of imide groups is 1. The maximum atomic E-state index is 13.2. The Kier molecular flexibility index (Phi) is 5.36. The first-order valence-electron chi connectivity index (χ1n) is 9.55. The second kappa shape index (κ2) is 8.27. The summed E-state index contributed by atoms with van der Waals surface area (Å²) in [6.45, 7) is 1.52. The van der Waals surface area contributed by atoms with Gasteiger partial charge in [0, 0.05) is 23.3 Å². The van der Waals surface area contributed by atoms with Gasteiger partial charge in [-0.1, -0.05) is 17.7 Å². The van der Waals surface area contributed by atoms with E-state index in [2.05, 4.69) is 10.6 Å². The van der Waals surface area contributed by atoms with Gasteiger partial charge in [-0.2, -0.15) is 0 Å². The molecule has 4 rings (SSSR count). The zero-order valence-corrected chi connectivity index (χ0v) is 16.6. The number of benzene rings is 2. The van der Waals surface area contributed by atoms with Crippen LogP contribution in [-0.2, 0) is 9.59 Å². The predicted octanol–water partition coefficient (Wildman–Crippen LogP) is 3.46. The summed E-state index contributed by atoms with van der Waals surface area (Å²) in [6, 6.07) is 15.9. The maximum Gasteiger partial charge on any atom is 0.329 e. The zero-order valence-electron chi connectivity index (χ0n) is 16.6. The lowest BCUT2D eigenvalue weighted by atomic mass is 10.2. The van der Waals surface area contributed by atoms with Crippen molar-refractivity contribution in [2.75, 3.05) is 11.9 Å². The molecule has 3 aromatic rings. The number of rotatable bonds is 5. The molecule has 2 aromatic carbocycles. The van der Waals surface area contributed by atoms with E-state index in [1.165, 1.54) is 18.2 Å². The van der Waals surface area contributed by atoms with E-state index in [-0.39, 0.29) is 11.5 Å². The third-order valence-corrected chi connectivity index (χ3v) is 4.78. The van der Waals surface area contributed by atoms with E-state index in [1.54, 1.807) is 47.2 Å². The van der Waals surface area contributed by atoms with Crippen LogP contribution in [0.25, 0.3) is 11.8 Å². The lowest BCUT2D eigenvalue weighted by Crippen LogP contribution is -2.38. The van der Waals surface area contributed by atoms with E-state index >= 15 is 0 Å². The van der Waals surface area contributed by atoms with Gasteiger partial charge in [-0.05, 0) is 61.5 Å². The van der Waals surface area contributed by atoms with Crippen molar-refractivity contribution in [3.05, 3.63) is 89.6 Å². The number of urea groups is 1. The molecule has 1 fully saturated rings. The number of halogens is 1. The monoisotopic (exact) mass is 418 g/mol. The third kappa shape index (κ3) is 4.37. The number of carbonyl (C=O) groups is 3. The molecule has 156 valence electrons. The van der Waals surface area contributed by atoms with Crippen LogP contribution >= 0.6 is 0 Å². The molecule has 0 unspecified atom stereocenters. The van der Waals surface area contributed by atoms with Crippen LogP contribution in [0, 0.1) is 12.7 Å². The number of nitrogens with zero attached hydrogens (tertiary/aromatic N) is 2. The van der Waals surface area contributed by atoms with E-state index in [4.69, 9.17) is 0 Å². The highest BCUT2D eigenvalue weighted by Gasteiger charge is 2.35. The van der Waals surface area contributed by atoms with Crippen LogP contribution in [0.1, 0.15) is 11.3 Å². The van der Waals surface area contributed by atoms with Crippen LogP contribution in [0.4, 0.5) is 14.9 Å². The van der Waals surface area contributed by atoms with E-state index in [9.17, 15) is 18.8 Å². The lowest BCUT2D eigenvalue weighted by molar-refractivity contribution is -0.127. The van der Waals surface area contributed by atoms with Crippen molar-refractivity contribution < 1.29 is 18.8 Å². The molecule has 1 aliphatic heterocycles. The topological polar surface area (TPSA) is 83.4 Å². The van der Waals surface area contributed by atoms with E-state index in [0.717, 1.165) is 10.5 Å². The van der Waals surface area contributed by atoms with Gasteiger partial charge in [-0.15, -0.1) is 0 Å². The summed E-state index contributed by atoms with van der Waals surface area (Å²) in [5.74, 6) is -1.44. The maximum absolute atomic E-state index is 13.2. The highest BCUT2D eigenvalue weighted by atomic mass is 19.1. The van der Waals surface area contributed by atoms with Gasteiger partial charge in [-0.25, -0.2) is 14.1 Å². The van der Waals surface area contributed by atoms with Crippen molar-refractivity contribution in [3.63, 3.8) is 0 Å². The van der Waals surface area contributed by atoms with Crippen LogP contribution in [0.5, 0.6) is 0 Å². The Morgan fingerprint density at radius 3 is 2.48 bits per heavy atom.